The molecule has 0 aliphatic heterocycles. The third kappa shape index (κ3) is 2.57. The van der Waals surface area contributed by atoms with Gasteiger partial charge in [0.15, 0.2) is 5.82 Å². The van der Waals surface area contributed by atoms with Gasteiger partial charge in [-0.05, 0) is 23.3 Å². The summed E-state index contributed by atoms with van der Waals surface area (Å²) in [6.07, 6.45) is 0. The molecular formula is C18H15N5O3. The number of carbonyl (C=O) groups excluding carboxylic acids is 1. The van der Waals surface area contributed by atoms with E-state index in [4.69, 9.17) is 10.5 Å². The Morgan fingerprint density at radius 3 is 2.62 bits per heavy atom. The minimum atomic E-state index is -0.309. The molecule has 26 heavy (non-hydrogen) atoms. The van der Waals surface area contributed by atoms with Gasteiger partial charge in [0.25, 0.3) is 6.47 Å². The number of carbonyl (C=O) groups is 1. The Morgan fingerprint density at radius 2 is 1.81 bits per heavy atom. The highest BCUT2D eigenvalue weighted by atomic mass is 16.5. The predicted octanol–water partition coefficient (Wildman–Crippen LogP) is 1.35. The van der Waals surface area contributed by atoms with Gasteiger partial charge in [0.2, 0.25) is 5.65 Å². The zero-order chi connectivity index (χ0) is 18.1. The van der Waals surface area contributed by atoms with E-state index in [9.17, 15) is 9.59 Å². The summed E-state index contributed by atoms with van der Waals surface area (Å²) in [5.74, 6) is 0.192. The largest absolute Gasteiger partial charge is 0.463 e. The van der Waals surface area contributed by atoms with Crippen molar-refractivity contribution in [2.24, 2.45) is 0 Å². The van der Waals surface area contributed by atoms with Gasteiger partial charge in [-0.1, -0.05) is 36.4 Å². The molecule has 2 N–H and O–H groups in total. The van der Waals surface area contributed by atoms with Crippen LogP contribution in [0.5, 0.6) is 0 Å². The van der Waals surface area contributed by atoms with Crippen LogP contribution in [0, 0.1) is 0 Å². The number of hydrogen-bond acceptors (Lipinski definition) is 6. The van der Waals surface area contributed by atoms with E-state index in [1.807, 2.05) is 36.4 Å². The van der Waals surface area contributed by atoms with E-state index in [2.05, 4.69) is 10.1 Å². The number of rotatable bonds is 5. The van der Waals surface area contributed by atoms with Crippen LogP contribution in [0.3, 0.4) is 0 Å². The Morgan fingerprint density at radius 1 is 1.08 bits per heavy atom. The molecule has 2 aromatic carbocycles. The molecule has 0 saturated heterocycles. The van der Waals surface area contributed by atoms with Gasteiger partial charge in [-0.2, -0.15) is 0 Å². The Hall–Kier alpha value is -3.68. The third-order valence-electron chi connectivity index (χ3n) is 4.18. The number of nitrogen functional groups attached to an aromatic ring is 1. The zero-order valence-electron chi connectivity index (χ0n) is 13.7. The van der Waals surface area contributed by atoms with E-state index in [0.717, 1.165) is 11.1 Å². The van der Waals surface area contributed by atoms with E-state index < -0.39 is 0 Å². The molecule has 0 unspecified atom stereocenters. The Kier molecular flexibility index (Phi) is 3.85. The van der Waals surface area contributed by atoms with Crippen molar-refractivity contribution >= 4 is 29.0 Å². The van der Waals surface area contributed by atoms with Gasteiger partial charge in [0, 0.05) is 0 Å². The molecule has 0 aliphatic rings. The molecule has 2 heterocycles. The number of fused-ring (bicyclic) bond motifs is 3. The van der Waals surface area contributed by atoms with Gasteiger partial charge in [-0.15, -0.1) is 5.10 Å². The monoisotopic (exact) mass is 349 g/mol. The fourth-order valence-corrected chi connectivity index (χ4v) is 2.96. The molecule has 0 aliphatic carbocycles. The number of benzene rings is 2. The first-order chi connectivity index (χ1) is 12.7. The summed E-state index contributed by atoms with van der Waals surface area (Å²) < 4.78 is 7.63. The molecule has 0 bridgehead atoms. The fraction of sp³-hybridized carbons (Fsp3) is 0.111. The number of anilines is 1. The topological polar surface area (TPSA) is 105 Å². The minimum absolute atomic E-state index is 0.133. The van der Waals surface area contributed by atoms with Gasteiger partial charge >= 0.3 is 5.69 Å². The summed E-state index contributed by atoms with van der Waals surface area (Å²) in [5.41, 5.74) is 8.90. The molecular weight excluding hydrogens is 334 g/mol. The first-order valence-electron chi connectivity index (χ1n) is 7.95. The van der Waals surface area contributed by atoms with Crippen LogP contribution < -0.4 is 11.4 Å². The minimum Gasteiger partial charge on any atom is -0.463 e. The summed E-state index contributed by atoms with van der Waals surface area (Å²) in [5, 5.41) is 4.35. The van der Waals surface area contributed by atoms with Crippen LogP contribution >= 0.6 is 0 Å². The number of aromatic nitrogens is 4. The predicted molar refractivity (Wildman–Crippen MR) is 95.6 cm³/mol. The first kappa shape index (κ1) is 15.8. The molecule has 2 aromatic heterocycles. The maximum Gasteiger partial charge on any atom is 0.351 e. The molecule has 4 rings (SSSR count). The summed E-state index contributed by atoms with van der Waals surface area (Å²) >= 11 is 0. The lowest BCUT2D eigenvalue weighted by Crippen LogP contribution is -2.22. The quantitative estimate of drug-likeness (QED) is 0.545. The number of ether oxygens (including phenoxy) is 1. The van der Waals surface area contributed by atoms with E-state index in [-0.39, 0.29) is 24.7 Å². The van der Waals surface area contributed by atoms with Crippen molar-refractivity contribution in [3.05, 3.63) is 70.1 Å². The van der Waals surface area contributed by atoms with Gasteiger partial charge in [-0.3, -0.25) is 4.79 Å². The van der Waals surface area contributed by atoms with Crippen molar-refractivity contribution in [3.63, 3.8) is 0 Å². The summed E-state index contributed by atoms with van der Waals surface area (Å²) in [4.78, 5) is 27.7. The second kappa shape index (κ2) is 6.32. The smallest absolute Gasteiger partial charge is 0.351 e. The fourth-order valence-electron chi connectivity index (χ4n) is 2.96. The van der Waals surface area contributed by atoms with Crippen LogP contribution in [0.4, 0.5) is 5.82 Å². The van der Waals surface area contributed by atoms with Crippen LogP contribution in [0.15, 0.2) is 53.3 Å². The summed E-state index contributed by atoms with van der Waals surface area (Å²) in [6.45, 7) is 0.757. The second-order valence-electron chi connectivity index (χ2n) is 5.76. The van der Waals surface area contributed by atoms with Crippen molar-refractivity contribution in [2.45, 2.75) is 13.2 Å². The Bertz CT molecular complexity index is 1180. The van der Waals surface area contributed by atoms with E-state index in [1.165, 1.54) is 9.08 Å². The number of para-hydroxylation sites is 2. The molecule has 0 amide bonds. The van der Waals surface area contributed by atoms with E-state index in [0.29, 0.717) is 23.2 Å². The molecule has 0 atom stereocenters. The van der Waals surface area contributed by atoms with Gasteiger partial charge in [0.1, 0.15) is 6.61 Å². The highest BCUT2D eigenvalue weighted by Crippen LogP contribution is 2.17. The molecule has 130 valence electrons. The Balaban J connectivity index is 1.85. The lowest BCUT2D eigenvalue weighted by Gasteiger charge is -2.07. The SMILES string of the molecule is Nc1nc2ccccc2n2c(=O)n(Cc3ccccc3COC=O)nc12. The second-order valence-corrected chi connectivity index (χ2v) is 5.76. The van der Waals surface area contributed by atoms with Crippen LogP contribution in [-0.2, 0) is 22.7 Å². The van der Waals surface area contributed by atoms with E-state index >= 15 is 0 Å². The number of nitrogens with two attached hydrogens (primary N) is 1. The van der Waals surface area contributed by atoms with Crippen molar-refractivity contribution < 1.29 is 9.53 Å². The van der Waals surface area contributed by atoms with Crippen molar-refractivity contribution in [3.8, 4) is 0 Å². The molecule has 0 saturated carbocycles. The van der Waals surface area contributed by atoms with Crippen LogP contribution in [-0.4, -0.2) is 25.6 Å². The molecule has 8 nitrogen and oxygen atoms in total. The number of nitrogens with zero attached hydrogens (tertiary/aromatic N) is 4. The lowest BCUT2D eigenvalue weighted by atomic mass is 10.1. The molecule has 0 fully saturated rings. The highest BCUT2D eigenvalue weighted by molar-refractivity contribution is 5.81. The maximum absolute atomic E-state index is 12.9. The van der Waals surface area contributed by atoms with Gasteiger partial charge in [-0.25, -0.2) is 18.9 Å². The molecule has 4 aromatic rings. The molecule has 8 heteroatoms. The first-order valence-corrected chi connectivity index (χ1v) is 7.95. The van der Waals surface area contributed by atoms with Crippen LogP contribution in [0.1, 0.15) is 11.1 Å². The molecule has 0 spiro atoms. The van der Waals surface area contributed by atoms with E-state index in [1.54, 1.807) is 12.1 Å². The Labute approximate surface area is 147 Å². The van der Waals surface area contributed by atoms with Crippen molar-refractivity contribution in [2.75, 3.05) is 5.73 Å². The zero-order valence-corrected chi connectivity index (χ0v) is 13.7. The van der Waals surface area contributed by atoms with Crippen molar-refractivity contribution in [1.29, 1.82) is 0 Å². The van der Waals surface area contributed by atoms with Gasteiger partial charge < -0.3 is 10.5 Å². The molecule has 0 radical (unpaired) electrons. The standard InChI is InChI=1S/C18H15N5O3/c19-16-17-21-22(9-12-5-1-2-6-13(12)10-26-11-24)18(25)23(17)15-8-4-3-7-14(15)20-16/h1-8,11H,9-10H2,(H2,19,20). The lowest BCUT2D eigenvalue weighted by molar-refractivity contribution is -0.129. The van der Waals surface area contributed by atoms with Gasteiger partial charge in [0.05, 0.1) is 17.6 Å². The summed E-state index contributed by atoms with van der Waals surface area (Å²) in [7, 11) is 0. The third-order valence-corrected chi connectivity index (χ3v) is 4.18. The normalized spacial score (nSPS) is 11.1. The average molecular weight is 349 g/mol. The van der Waals surface area contributed by atoms with Crippen LogP contribution in [0.25, 0.3) is 16.7 Å². The summed E-state index contributed by atoms with van der Waals surface area (Å²) in [6, 6.07) is 14.6. The highest BCUT2D eigenvalue weighted by Gasteiger charge is 2.15. The maximum atomic E-state index is 12.9. The number of hydrogen-bond donors (Lipinski definition) is 1. The average Bonchev–Trinajstić information content (AvgIpc) is 2.99. The van der Waals surface area contributed by atoms with Crippen LogP contribution in [0.2, 0.25) is 0 Å². The van der Waals surface area contributed by atoms with Crippen molar-refractivity contribution in [1.82, 2.24) is 19.2 Å².